The minimum atomic E-state index is 0.410. The van der Waals surface area contributed by atoms with Crippen molar-refractivity contribution in [2.45, 2.75) is 39.5 Å². The summed E-state index contributed by atoms with van der Waals surface area (Å²) in [4.78, 5) is 10.5. The molecule has 0 spiro atoms. The molecule has 0 aliphatic heterocycles. The van der Waals surface area contributed by atoms with E-state index >= 15 is 0 Å². The molecular weight excluding hydrogens is 296 g/mol. The molecule has 0 bridgehead atoms. The Morgan fingerprint density at radius 1 is 0.875 bits per heavy atom. The van der Waals surface area contributed by atoms with E-state index in [-0.39, 0.29) is 0 Å². The van der Waals surface area contributed by atoms with Crippen molar-refractivity contribution < 1.29 is 4.84 Å². The quantitative estimate of drug-likeness (QED) is 0.412. The molecule has 0 aromatic heterocycles. The zero-order valence-electron chi connectivity index (χ0n) is 15.6. The largest absolute Gasteiger partial charge is 0.276 e. The molecule has 0 radical (unpaired) electrons. The highest BCUT2D eigenvalue weighted by atomic mass is 16.7. The van der Waals surface area contributed by atoms with Crippen LogP contribution in [0.3, 0.4) is 0 Å². The van der Waals surface area contributed by atoms with Gasteiger partial charge in [-0.1, -0.05) is 76.2 Å². The third kappa shape index (κ3) is 4.04. The predicted octanol–water partition coefficient (Wildman–Crippen LogP) is 5.50. The Bertz CT molecular complexity index is 664. The molecule has 128 valence electrons. The molecule has 0 aliphatic carbocycles. The molecule has 24 heavy (non-hydrogen) atoms. The molecule has 3 heteroatoms. The van der Waals surface area contributed by atoms with E-state index in [0.717, 1.165) is 17.1 Å². The van der Waals surface area contributed by atoms with Crippen molar-refractivity contribution >= 4 is 11.5 Å². The van der Waals surface area contributed by atoms with Crippen molar-refractivity contribution in [2.75, 3.05) is 14.2 Å². The summed E-state index contributed by atoms with van der Waals surface area (Å²) in [5.74, 6) is 1.63. The Labute approximate surface area is 145 Å². The second-order valence-electron chi connectivity index (χ2n) is 6.58. The van der Waals surface area contributed by atoms with E-state index < -0.39 is 0 Å². The van der Waals surface area contributed by atoms with Crippen molar-refractivity contribution in [3.63, 3.8) is 0 Å². The van der Waals surface area contributed by atoms with Gasteiger partial charge in [-0.05, 0) is 23.0 Å². The molecular formula is C21H28N2O. The highest BCUT2D eigenvalue weighted by molar-refractivity contribution is 6.00. The van der Waals surface area contributed by atoms with E-state index in [4.69, 9.17) is 9.83 Å². The Balaban J connectivity index is 2.69. The van der Waals surface area contributed by atoms with Gasteiger partial charge in [-0.3, -0.25) is 4.84 Å². The number of para-hydroxylation sites is 1. The predicted molar refractivity (Wildman–Crippen MR) is 102 cm³/mol. The first kappa shape index (κ1) is 18.2. The minimum Gasteiger partial charge on any atom is -0.276 e. The first-order chi connectivity index (χ1) is 11.5. The van der Waals surface area contributed by atoms with Gasteiger partial charge in [0.2, 0.25) is 0 Å². The molecule has 0 aliphatic rings. The lowest BCUT2D eigenvalue weighted by Gasteiger charge is -2.22. The molecule has 0 fully saturated rings. The van der Waals surface area contributed by atoms with Gasteiger partial charge in [0.15, 0.2) is 5.84 Å². The third-order valence-corrected chi connectivity index (χ3v) is 4.16. The van der Waals surface area contributed by atoms with Crippen LogP contribution in [0.25, 0.3) is 0 Å². The van der Waals surface area contributed by atoms with Crippen LogP contribution in [0.2, 0.25) is 0 Å². The molecule has 2 aromatic carbocycles. The number of nitrogens with zero attached hydrogens (tertiary/aromatic N) is 2. The normalized spacial score (nSPS) is 12.1. The molecule has 3 nitrogen and oxygen atoms in total. The van der Waals surface area contributed by atoms with Gasteiger partial charge >= 0.3 is 0 Å². The van der Waals surface area contributed by atoms with Crippen molar-refractivity contribution in [1.82, 2.24) is 5.06 Å². The van der Waals surface area contributed by atoms with Crippen LogP contribution in [0.1, 0.15) is 56.2 Å². The van der Waals surface area contributed by atoms with Gasteiger partial charge in [0.05, 0.1) is 12.8 Å². The fourth-order valence-electron chi connectivity index (χ4n) is 2.74. The van der Waals surface area contributed by atoms with Crippen LogP contribution in [0.4, 0.5) is 5.69 Å². The molecule has 2 aromatic rings. The summed E-state index contributed by atoms with van der Waals surface area (Å²) in [7, 11) is 3.55. The Morgan fingerprint density at radius 3 is 1.88 bits per heavy atom. The molecule has 0 amide bonds. The van der Waals surface area contributed by atoms with Crippen molar-refractivity contribution in [1.29, 1.82) is 0 Å². The fourth-order valence-corrected chi connectivity index (χ4v) is 2.74. The van der Waals surface area contributed by atoms with Gasteiger partial charge in [0.25, 0.3) is 0 Å². The highest BCUT2D eigenvalue weighted by Crippen LogP contribution is 2.35. The van der Waals surface area contributed by atoms with Gasteiger partial charge in [0.1, 0.15) is 0 Å². The highest BCUT2D eigenvalue weighted by Gasteiger charge is 2.16. The molecule has 0 saturated carbocycles. The molecule has 0 heterocycles. The number of hydrogen-bond donors (Lipinski definition) is 0. The van der Waals surface area contributed by atoms with E-state index in [1.165, 1.54) is 11.1 Å². The summed E-state index contributed by atoms with van der Waals surface area (Å²) in [5.41, 5.74) is 4.62. The number of benzene rings is 2. The van der Waals surface area contributed by atoms with E-state index in [0.29, 0.717) is 11.8 Å². The van der Waals surface area contributed by atoms with Gasteiger partial charge in [0, 0.05) is 12.6 Å². The number of aliphatic imine (C=N–C) groups is 1. The lowest BCUT2D eigenvalue weighted by atomic mass is 9.93. The maximum Gasteiger partial charge on any atom is 0.159 e. The topological polar surface area (TPSA) is 24.8 Å². The van der Waals surface area contributed by atoms with E-state index in [1.54, 1.807) is 12.2 Å². The number of rotatable bonds is 5. The number of hydroxylamine groups is 2. The average Bonchev–Trinajstić information content (AvgIpc) is 2.59. The average molecular weight is 324 g/mol. The summed E-state index contributed by atoms with van der Waals surface area (Å²) in [6.07, 6.45) is 0. The smallest absolute Gasteiger partial charge is 0.159 e. The molecule has 0 N–H and O–H groups in total. The van der Waals surface area contributed by atoms with E-state index in [2.05, 4.69) is 58.0 Å². The zero-order chi connectivity index (χ0) is 17.7. The van der Waals surface area contributed by atoms with Crippen LogP contribution < -0.4 is 0 Å². The number of amidine groups is 1. The number of hydrogen-bond acceptors (Lipinski definition) is 2. The monoisotopic (exact) mass is 324 g/mol. The van der Waals surface area contributed by atoms with Crippen LogP contribution in [-0.2, 0) is 4.84 Å². The van der Waals surface area contributed by atoms with Crippen LogP contribution in [-0.4, -0.2) is 25.1 Å². The van der Waals surface area contributed by atoms with Crippen LogP contribution in [0.5, 0.6) is 0 Å². The molecule has 0 saturated heterocycles. The van der Waals surface area contributed by atoms with E-state index in [1.807, 2.05) is 25.2 Å². The van der Waals surface area contributed by atoms with Gasteiger partial charge in [-0.2, -0.15) is 0 Å². The van der Waals surface area contributed by atoms with Crippen LogP contribution >= 0.6 is 0 Å². The fraction of sp³-hybridized carbons (Fsp3) is 0.381. The van der Waals surface area contributed by atoms with Crippen molar-refractivity contribution in [3.05, 3.63) is 65.2 Å². The maximum atomic E-state index is 5.44. The minimum absolute atomic E-state index is 0.410. The Morgan fingerprint density at radius 2 is 1.42 bits per heavy atom. The molecule has 0 unspecified atom stereocenters. The molecule has 2 rings (SSSR count). The Hall–Kier alpha value is -2.13. The lowest BCUT2D eigenvalue weighted by Crippen LogP contribution is -2.26. The molecule has 0 atom stereocenters. The SMILES string of the molecule is CON(C)C(=Nc1c(C(C)C)cccc1C(C)C)c1ccccc1. The third-order valence-electron chi connectivity index (χ3n) is 4.16. The summed E-state index contributed by atoms with van der Waals surface area (Å²) in [5, 5.41) is 1.72. The summed E-state index contributed by atoms with van der Waals surface area (Å²) >= 11 is 0. The van der Waals surface area contributed by atoms with Gasteiger partial charge < -0.3 is 0 Å². The van der Waals surface area contributed by atoms with Crippen LogP contribution in [0.15, 0.2) is 53.5 Å². The summed E-state index contributed by atoms with van der Waals surface area (Å²) in [6, 6.07) is 16.6. The summed E-state index contributed by atoms with van der Waals surface area (Å²) < 4.78 is 0. The second kappa shape index (κ2) is 8.11. The Kier molecular flexibility index (Phi) is 6.16. The maximum absolute atomic E-state index is 5.44. The van der Waals surface area contributed by atoms with E-state index in [9.17, 15) is 0 Å². The van der Waals surface area contributed by atoms with Gasteiger partial charge in [-0.25, -0.2) is 10.1 Å². The van der Waals surface area contributed by atoms with Crippen LogP contribution in [0, 0.1) is 0 Å². The zero-order valence-corrected chi connectivity index (χ0v) is 15.6. The first-order valence-electron chi connectivity index (χ1n) is 8.50. The lowest BCUT2D eigenvalue weighted by molar-refractivity contribution is -0.0410. The second-order valence-corrected chi connectivity index (χ2v) is 6.58. The standard InChI is InChI=1S/C21H28N2O/c1-15(2)18-13-10-14-19(16(3)4)20(18)22-21(23(5)24-6)17-11-8-7-9-12-17/h7-16H,1-6H3. The summed E-state index contributed by atoms with van der Waals surface area (Å²) in [6.45, 7) is 8.84. The van der Waals surface area contributed by atoms with Crippen molar-refractivity contribution in [3.8, 4) is 0 Å². The van der Waals surface area contributed by atoms with Gasteiger partial charge in [-0.15, -0.1) is 0 Å². The first-order valence-corrected chi connectivity index (χ1v) is 8.50. The van der Waals surface area contributed by atoms with Crippen molar-refractivity contribution in [2.24, 2.45) is 4.99 Å².